The van der Waals surface area contributed by atoms with Crippen LogP contribution in [-0.2, 0) is 9.59 Å². The van der Waals surface area contributed by atoms with Crippen LogP contribution in [0.1, 0.15) is 29.8 Å². The first-order valence-electron chi connectivity index (χ1n) is 9.08. The lowest BCUT2D eigenvalue weighted by Gasteiger charge is -2.22. The third kappa shape index (κ3) is 6.39. The molecule has 0 aromatic heterocycles. The average molecular weight is 464 g/mol. The van der Waals surface area contributed by atoms with Crippen LogP contribution in [0.3, 0.4) is 0 Å². The Hall–Kier alpha value is -2.74. The molecule has 2 rings (SSSR count). The lowest BCUT2D eigenvalue weighted by atomic mass is 10.0. The van der Waals surface area contributed by atoms with Crippen LogP contribution in [0, 0.1) is 18.7 Å². The SMILES string of the molecule is Cc1cc(Br)ccc1NC(=O)CNC(=O)[C@@H](NC(=O)c1ccccc1F)C(C)C. The van der Waals surface area contributed by atoms with Gasteiger partial charge in [-0.1, -0.05) is 41.9 Å². The molecule has 0 saturated heterocycles. The van der Waals surface area contributed by atoms with E-state index in [-0.39, 0.29) is 18.0 Å². The Balaban J connectivity index is 1.96. The molecule has 0 heterocycles. The van der Waals surface area contributed by atoms with Gasteiger partial charge in [0, 0.05) is 10.2 Å². The van der Waals surface area contributed by atoms with Crippen LogP contribution in [0.5, 0.6) is 0 Å². The van der Waals surface area contributed by atoms with E-state index in [0.717, 1.165) is 10.0 Å². The van der Waals surface area contributed by atoms with Gasteiger partial charge in [0.2, 0.25) is 11.8 Å². The zero-order chi connectivity index (χ0) is 21.6. The Bertz CT molecular complexity index is 918. The minimum absolute atomic E-state index is 0.144. The maximum atomic E-state index is 13.8. The molecule has 0 radical (unpaired) electrons. The molecule has 0 aliphatic rings. The van der Waals surface area contributed by atoms with E-state index in [4.69, 9.17) is 0 Å². The van der Waals surface area contributed by atoms with Crippen molar-refractivity contribution in [2.24, 2.45) is 5.92 Å². The summed E-state index contributed by atoms with van der Waals surface area (Å²) in [6.45, 7) is 5.09. The van der Waals surface area contributed by atoms with Crippen LogP contribution in [0.25, 0.3) is 0 Å². The average Bonchev–Trinajstić information content (AvgIpc) is 2.66. The third-order valence-corrected chi connectivity index (χ3v) is 4.73. The lowest BCUT2D eigenvalue weighted by Crippen LogP contribution is -2.51. The fraction of sp³-hybridized carbons (Fsp3) is 0.286. The minimum Gasteiger partial charge on any atom is -0.345 e. The van der Waals surface area contributed by atoms with Crippen molar-refractivity contribution in [3.63, 3.8) is 0 Å². The molecule has 0 saturated carbocycles. The molecule has 0 aliphatic heterocycles. The number of nitrogens with one attached hydrogen (secondary N) is 3. The van der Waals surface area contributed by atoms with Crippen molar-refractivity contribution in [2.75, 3.05) is 11.9 Å². The van der Waals surface area contributed by atoms with Gasteiger partial charge < -0.3 is 16.0 Å². The van der Waals surface area contributed by atoms with Gasteiger partial charge in [-0.3, -0.25) is 14.4 Å². The zero-order valence-electron chi connectivity index (χ0n) is 16.4. The summed E-state index contributed by atoms with van der Waals surface area (Å²) in [5, 5.41) is 7.78. The van der Waals surface area contributed by atoms with Crippen LogP contribution in [0.4, 0.5) is 10.1 Å². The van der Waals surface area contributed by atoms with E-state index in [9.17, 15) is 18.8 Å². The third-order valence-electron chi connectivity index (χ3n) is 4.24. The number of hydrogen-bond donors (Lipinski definition) is 3. The summed E-state index contributed by atoms with van der Waals surface area (Å²) in [6.07, 6.45) is 0. The van der Waals surface area contributed by atoms with E-state index in [1.807, 2.05) is 13.0 Å². The van der Waals surface area contributed by atoms with Gasteiger partial charge in [0.15, 0.2) is 0 Å². The standard InChI is InChI=1S/C21H23BrFN3O3/c1-12(2)19(26-20(28)15-6-4-5-7-16(15)23)21(29)24-11-18(27)25-17-9-8-14(22)10-13(17)3/h4-10,12,19H,11H2,1-3H3,(H,24,29)(H,25,27)(H,26,28)/t19-/m0/s1. The summed E-state index contributed by atoms with van der Waals surface area (Å²) in [6, 6.07) is 10.0. The Morgan fingerprint density at radius 1 is 1.10 bits per heavy atom. The fourth-order valence-electron chi connectivity index (χ4n) is 2.64. The predicted molar refractivity (Wildman–Crippen MR) is 113 cm³/mol. The summed E-state index contributed by atoms with van der Waals surface area (Å²) in [7, 11) is 0. The van der Waals surface area contributed by atoms with E-state index in [1.165, 1.54) is 24.3 Å². The van der Waals surface area contributed by atoms with E-state index >= 15 is 0 Å². The number of rotatable bonds is 7. The lowest BCUT2D eigenvalue weighted by molar-refractivity contribution is -0.126. The number of carbonyl (C=O) groups excluding carboxylic acids is 3. The second-order valence-electron chi connectivity index (χ2n) is 6.90. The van der Waals surface area contributed by atoms with Gasteiger partial charge in [0.05, 0.1) is 12.1 Å². The Kier molecular flexibility index (Phi) is 7.90. The Morgan fingerprint density at radius 3 is 2.41 bits per heavy atom. The van der Waals surface area contributed by atoms with E-state index < -0.39 is 29.6 Å². The molecule has 2 aromatic carbocycles. The van der Waals surface area contributed by atoms with Crippen molar-refractivity contribution in [3.05, 3.63) is 63.9 Å². The summed E-state index contributed by atoms with van der Waals surface area (Å²) in [5.74, 6) is -2.54. The first kappa shape index (κ1) is 22.5. The summed E-state index contributed by atoms with van der Waals surface area (Å²) in [5.41, 5.74) is 1.37. The summed E-state index contributed by atoms with van der Waals surface area (Å²) < 4.78 is 14.7. The van der Waals surface area contributed by atoms with Crippen molar-refractivity contribution < 1.29 is 18.8 Å². The largest absolute Gasteiger partial charge is 0.345 e. The van der Waals surface area contributed by atoms with Crippen molar-refractivity contribution in [3.8, 4) is 0 Å². The van der Waals surface area contributed by atoms with Gasteiger partial charge in [0.1, 0.15) is 11.9 Å². The van der Waals surface area contributed by atoms with Gasteiger partial charge in [0.25, 0.3) is 5.91 Å². The Morgan fingerprint density at radius 2 is 1.79 bits per heavy atom. The topological polar surface area (TPSA) is 87.3 Å². The van der Waals surface area contributed by atoms with Gasteiger partial charge in [-0.15, -0.1) is 0 Å². The highest BCUT2D eigenvalue weighted by Gasteiger charge is 2.26. The number of anilines is 1. The van der Waals surface area contributed by atoms with Crippen LogP contribution in [-0.4, -0.2) is 30.3 Å². The predicted octanol–water partition coefficient (Wildman–Crippen LogP) is 3.41. The quantitative estimate of drug-likeness (QED) is 0.587. The molecule has 0 fully saturated rings. The molecule has 0 unspecified atom stereocenters. The number of aryl methyl sites for hydroxylation is 1. The number of halogens is 2. The van der Waals surface area contributed by atoms with Crippen molar-refractivity contribution in [2.45, 2.75) is 26.8 Å². The highest BCUT2D eigenvalue weighted by atomic mass is 79.9. The van der Waals surface area contributed by atoms with E-state index in [0.29, 0.717) is 5.69 Å². The molecule has 154 valence electrons. The van der Waals surface area contributed by atoms with Gasteiger partial charge in [-0.25, -0.2) is 4.39 Å². The molecular weight excluding hydrogens is 441 g/mol. The monoisotopic (exact) mass is 463 g/mol. The van der Waals surface area contributed by atoms with Crippen LogP contribution < -0.4 is 16.0 Å². The second-order valence-corrected chi connectivity index (χ2v) is 7.82. The van der Waals surface area contributed by atoms with Gasteiger partial charge in [-0.05, 0) is 48.7 Å². The normalized spacial score (nSPS) is 11.7. The van der Waals surface area contributed by atoms with E-state index in [2.05, 4.69) is 31.9 Å². The molecule has 29 heavy (non-hydrogen) atoms. The number of amides is 3. The maximum Gasteiger partial charge on any atom is 0.254 e. The molecule has 1 atom stereocenters. The molecule has 3 N–H and O–H groups in total. The van der Waals surface area contributed by atoms with Crippen molar-refractivity contribution in [1.29, 1.82) is 0 Å². The van der Waals surface area contributed by atoms with Crippen LogP contribution in [0.15, 0.2) is 46.9 Å². The van der Waals surface area contributed by atoms with Crippen molar-refractivity contribution >= 4 is 39.3 Å². The Labute approximate surface area is 177 Å². The molecule has 0 bridgehead atoms. The zero-order valence-corrected chi connectivity index (χ0v) is 18.0. The first-order chi connectivity index (χ1) is 13.7. The highest BCUT2D eigenvalue weighted by molar-refractivity contribution is 9.10. The molecule has 0 aliphatic carbocycles. The van der Waals surface area contributed by atoms with Gasteiger partial charge >= 0.3 is 0 Å². The fourth-order valence-corrected chi connectivity index (χ4v) is 3.11. The summed E-state index contributed by atoms with van der Waals surface area (Å²) in [4.78, 5) is 37.0. The minimum atomic E-state index is -0.913. The molecule has 8 heteroatoms. The highest BCUT2D eigenvalue weighted by Crippen LogP contribution is 2.19. The molecule has 6 nitrogen and oxygen atoms in total. The molecule has 0 spiro atoms. The van der Waals surface area contributed by atoms with Crippen LogP contribution in [0.2, 0.25) is 0 Å². The molecular formula is C21H23BrFN3O3. The van der Waals surface area contributed by atoms with Crippen LogP contribution >= 0.6 is 15.9 Å². The first-order valence-corrected chi connectivity index (χ1v) is 9.87. The van der Waals surface area contributed by atoms with Crippen molar-refractivity contribution in [1.82, 2.24) is 10.6 Å². The second kappa shape index (κ2) is 10.2. The number of carbonyl (C=O) groups is 3. The number of hydrogen-bond acceptors (Lipinski definition) is 3. The molecule has 3 amide bonds. The smallest absolute Gasteiger partial charge is 0.254 e. The molecule has 2 aromatic rings. The maximum absolute atomic E-state index is 13.8. The summed E-state index contributed by atoms with van der Waals surface area (Å²) >= 11 is 3.35. The van der Waals surface area contributed by atoms with Gasteiger partial charge in [-0.2, -0.15) is 0 Å². The van der Waals surface area contributed by atoms with E-state index in [1.54, 1.807) is 26.0 Å². The number of benzene rings is 2.